The number of phenolic OH excluding ortho intramolecular Hbond substituents is 1. The lowest BCUT2D eigenvalue weighted by atomic mass is 9.70. The molecule has 0 aromatic heterocycles. The largest absolute Gasteiger partial charge is 0.508 e. The Morgan fingerprint density at radius 1 is 1.38 bits per heavy atom. The number of benzene rings is 1. The third-order valence-corrected chi connectivity index (χ3v) is 2.62. The predicted octanol–water partition coefficient (Wildman–Crippen LogP) is 0.701. The Morgan fingerprint density at radius 2 is 2.08 bits per heavy atom. The summed E-state index contributed by atoms with van der Waals surface area (Å²) in [4.78, 5) is 0. The standard InChI is InChI=1S/C10H13NO2/c11-10(5-9(13)6-10)7-2-1-3-8(12)4-7/h1-4,9,12-13H,5-6,11H2. The zero-order valence-corrected chi connectivity index (χ0v) is 7.27. The Morgan fingerprint density at radius 3 is 2.62 bits per heavy atom. The molecular formula is C10H13NO2. The molecule has 1 aliphatic carbocycles. The van der Waals surface area contributed by atoms with Crippen molar-refractivity contribution in [2.75, 3.05) is 0 Å². The molecule has 3 nitrogen and oxygen atoms in total. The van der Waals surface area contributed by atoms with Gasteiger partial charge in [-0.1, -0.05) is 12.1 Å². The van der Waals surface area contributed by atoms with Gasteiger partial charge in [-0.3, -0.25) is 0 Å². The highest BCUT2D eigenvalue weighted by Gasteiger charge is 2.41. The molecule has 2 rings (SSSR count). The second kappa shape index (κ2) is 2.72. The molecule has 3 heteroatoms. The predicted molar refractivity (Wildman–Crippen MR) is 49.2 cm³/mol. The summed E-state index contributed by atoms with van der Waals surface area (Å²) < 4.78 is 0. The van der Waals surface area contributed by atoms with E-state index in [2.05, 4.69) is 0 Å². The second-order valence-electron chi connectivity index (χ2n) is 3.77. The van der Waals surface area contributed by atoms with Crippen molar-refractivity contribution in [3.8, 4) is 5.75 Å². The van der Waals surface area contributed by atoms with Crippen molar-refractivity contribution in [1.29, 1.82) is 0 Å². The van der Waals surface area contributed by atoms with E-state index < -0.39 is 5.54 Å². The zero-order valence-electron chi connectivity index (χ0n) is 7.27. The van der Waals surface area contributed by atoms with Gasteiger partial charge in [-0.25, -0.2) is 0 Å². The van der Waals surface area contributed by atoms with Crippen LogP contribution in [0.2, 0.25) is 0 Å². The molecule has 1 saturated carbocycles. The number of aliphatic hydroxyl groups excluding tert-OH is 1. The van der Waals surface area contributed by atoms with Gasteiger partial charge in [0.2, 0.25) is 0 Å². The zero-order chi connectivity index (χ0) is 9.47. The van der Waals surface area contributed by atoms with Crippen LogP contribution >= 0.6 is 0 Å². The Kier molecular flexibility index (Phi) is 1.78. The van der Waals surface area contributed by atoms with Crippen molar-refractivity contribution in [3.05, 3.63) is 29.8 Å². The first kappa shape index (κ1) is 8.53. The van der Waals surface area contributed by atoms with E-state index in [-0.39, 0.29) is 11.9 Å². The third-order valence-electron chi connectivity index (χ3n) is 2.62. The molecule has 13 heavy (non-hydrogen) atoms. The molecular weight excluding hydrogens is 166 g/mol. The van der Waals surface area contributed by atoms with E-state index in [4.69, 9.17) is 5.73 Å². The Bertz CT molecular complexity index is 318. The van der Waals surface area contributed by atoms with E-state index in [0.717, 1.165) is 5.56 Å². The average Bonchev–Trinajstić information content (AvgIpc) is 2.02. The van der Waals surface area contributed by atoms with Crippen LogP contribution in [0, 0.1) is 0 Å². The molecule has 1 fully saturated rings. The van der Waals surface area contributed by atoms with Crippen LogP contribution in [0.3, 0.4) is 0 Å². The van der Waals surface area contributed by atoms with E-state index >= 15 is 0 Å². The first-order valence-electron chi connectivity index (χ1n) is 4.37. The molecule has 0 amide bonds. The van der Waals surface area contributed by atoms with E-state index in [1.807, 2.05) is 6.07 Å². The summed E-state index contributed by atoms with van der Waals surface area (Å²) in [6, 6.07) is 6.92. The number of hydrogen-bond donors (Lipinski definition) is 3. The van der Waals surface area contributed by atoms with Gasteiger partial charge in [0, 0.05) is 5.54 Å². The summed E-state index contributed by atoms with van der Waals surface area (Å²) in [5.74, 6) is 0.226. The maximum atomic E-state index is 9.24. The van der Waals surface area contributed by atoms with Crippen molar-refractivity contribution in [2.24, 2.45) is 5.73 Å². The minimum Gasteiger partial charge on any atom is -0.508 e. The first-order chi connectivity index (χ1) is 6.10. The van der Waals surface area contributed by atoms with Crippen LogP contribution in [0.4, 0.5) is 0 Å². The molecule has 0 atom stereocenters. The van der Waals surface area contributed by atoms with Crippen molar-refractivity contribution < 1.29 is 10.2 Å². The van der Waals surface area contributed by atoms with Crippen LogP contribution in [0.25, 0.3) is 0 Å². The van der Waals surface area contributed by atoms with Gasteiger partial charge in [0.25, 0.3) is 0 Å². The van der Waals surface area contributed by atoms with Crippen LogP contribution in [0.15, 0.2) is 24.3 Å². The van der Waals surface area contributed by atoms with Crippen molar-refractivity contribution in [2.45, 2.75) is 24.5 Å². The van der Waals surface area contributed by atoms with E-state index in [0.29, 0.717) is 12.8 Å². The van der Waals surface area contributed by atoms with Crippen molar-refractivity contribution >= 4 is 0 Å². The molecule has 1 aromatic rings. The fraction of sp³-hybridized carbons (Fsp3) is 0.400. The van der Waals surface area contributed by atoms with Crippen LogP contribution in [-0.2, 0) is 5.54 Å². The normalized spacial score (nSPS) is 32.6. The summed E-state index contributed by atoms with van der Waals surface area (Å²) in [6.45, 7) is 0. The lowest BCUT2D eigenvalue weighted by Gasteiger charge is -2.42. The topological polar surface area (TPSA) is 66.5 Å². The molecule has 1 aliphatic rings. The van der Waals surface area contributed by atoms with Crippen LogP contribution in [-0.4, -0.2) is 16.3 Å². The Hall–Kier alpha value is -1.06. The molecule has 70 valence electrons. The van der Waals surface area contributed by atoms with Gasteiger partial charge >= 0.3 is 0 Å². The number of rotatable bonds is 1. The molecule has 0 bridgehead atoms. The van der Waals surface area contributed by atoms with Crippen LogP contribution in [0.1, 0.15) is 18.4 Å². The molecule has 0 spiro atoms. The highest BCUT2D eigenvalue weighted by molar-refractivity contribution is 5.34. The lowest BCUT2D eigenvalue weighted by molar-refractivity contribution is 0.0208. The second-order valence-corrected chi connectivity index (χ2v) is 3.77. The molecule has 4 N–H and O–H groups in total. The summed E-state index contributed by atoms with van der Waals surface area (Å²) in [5.41, 5.74) is 6.48. The molecule has 0 unspecified atom stereocenters. The summed E-state index contributed by atoms with van der Waals surface area (Å²) in [7, 11) is 0. The molecule has 0 radical (unpaired) electrons. The fourth-order valence-electron chi connectivity index (χ4n) is 1.83. The van der Waals surface area contributed by atoms with E-state index in [9.17, 15) is 10.2 Å². The van der Waals surface area contributed by atoms with Crippen LogP contribution in [0.5, 0.6) is 5.75 Å². The summed E-state index contributed by atoms with van der Waals surface area (Å²) >= 11 is 0. The van der Waals surface area contributed by atoms with Crippen molar-refractivity contribution in [1.82, 2.24) is 0 Å². The quantitative estimate of drug-likeness (QED) is 0.594. The van der Waals surface area contributed by atoms with Gasteiger partial charge in [-0.15, -0.1) is 0 Å². The third kappa shape index (κ3) is 1.41. The van der Waals surface area contributed by atoms with Gasteiger partial charge in [-0.05, 0) is 30.5 Å². The highest BCUT2D eigenvalue weighted by Crippen LogP contribution is 2.39. The average molecular weight is 179 g/mol. The SMILES string of the molecule is NC1(c2cccc(O)c2)CC(O)C1. The van der Waals surface area contributed by atoms with Gasteiger partial charge < -0.3 is 15.9 Å². The molecule has 0 saturated heterocycles. The van der Waals surface area contributed by atoms with Gasteiger partial charge in [0.1, 0.15) is 5.75 Å². The molecule has 0 heterocycles. The Labute approximate surface area is 76.8 Å². The Balaban J connectivity index is 2.26. The lowest BCUT2D eigenvalue weighted by Crippen LogP contribution is -2.51. The number of aliphatic hydroxyl groups is 1. The van der Waals surface area contributed by atoms with E-state index in [1.54, 1.807) is 18.2 Å². The molecule has 1 aromatic carbocycles. The first-order valence-corrected chi connectivity index (χ1v) is 4.37. The number of aromatic hydroxyl groups is 1. The smallest absolute Gasteiger partial charge is 0.115 e. The molecule has 0 aliphatic heterocycles. The number of phenols is 1. The minimum atomic E-state index is -0.432. The fourth-order valence-corrected chi connectivity index (χ4v) is 1.83. The van der Waals surface area contributed by atoms with Crippen LogP contribution < -0.4 is 5.73 Å². The van der Waals surface area contributed by atoms with Gasteiger partial charge in [0.05, 0.1) is 6.10 Å². The highest BCUT2D eigenvalue weighted by atomic mass is 16.3. The van der Waals surface area contributed by atoms with Gasteiger partial charge in [-0.2, -0.15) is 0 Å². The number of hydrogen-bond acceptors (Lipinski definition) is 3. The monoisotopic (exact) mass is 179 g/mol. The minimum absolute atomic E-state index is 0.226. The maximum absolute atomic E-state index is 9.24. The summed E-state index contributed by atoms with van der Waals surface area (Å²) in [6.07, 6.45) is 0.875. The van der Waals surface area contributed by atoms with E-state index in [1.165, 1.54) is 0 Å². The van der Waals surface area contributed by atoms with Crippen molar-refractivity contribution in [3.63, 3.8) is 0 Å². The number of nitrogens with two attached hydrogens (primary N) is 1. The maximum Gasteiger partial charge on any atom is 0.115 e. The van der Waals surface area contributed by atoms with Gasteiger partial charge in [0.15, 0.2) is 0 Å². The summed E-state index contributed by atoms with van der Waals surface area (Å²) in [5, 5.41) is 18.4.